The lowest BCUT2D eigenvalue weighted by atomic mass is 9.79. The van der Waals surface area contributed by atoms with Crippen LogP contribution in [-0.2, 0) is 11.3 Å². The highest BCUT2D eigenvalue weighted by atomic mass is 35.5. The van der Waals surface area contributed by atoms with Crippen LogP contribution in [0.3, 0.4) is 0 Å². The Morgan fingerprint density at radius 1 is 1.09 bits per heavy atom. The molecule has 1 fully saturated rings. The van der Waals surface area contributed by atoms with E-state index in [4.69, 9.17) is 34.8 Å². The van der Waals surface area contributed by atoms with Crippen molar-refractivity contribution in [3.8, 4) is 0 Å². The molecule has 33 heavy (non-hydrogen) atoms. The summed E-state index contributed by atoms with van der Waals surface area (Å²) in [4.78, 5) is 29.0. The van der Waals surface area contributed by atoms with Crippen molar-refractivity contribution in [3.63, 3.8) is 0 Å². The predicted octanol–water partition coefficient (Wildman–Crippen LogP) is 6.85. The topological polar surface area (TPSA) is 52.7 Å². The smallest absolute Gasteiger partial charge is 0.329 e. The number of amides is 3. The minimum atomic E-state index is -0.487. The second-order valence-electron chi connectivity index (χ2n) is 9.22. The lowest BCUT2D eigenvalue weighted by molar-refractivity contribution is -0.123. The number of nitrogens with one attached hydrogen (secondary N) is 1. The molecule has 5 nitrogen and oxygen atoms in total. The van der Waals surface area contributed by atoms with Crippen LogP contribution in [0.15, 0.2) is 36.0 Å². The van der Waals surface area contributed by atoms with E-state index in [1.54, 1.807) is 24.3 Å². The van der Waals surface area contributed by atoms with Gasteiger partial charge in [-0.1, -0.05) is 47.8 Å². The number of nitrogens with zero attached hydrogens (tertiary/aromatic N) is 2. The molecule has 174 valence electrons. The molecular formula is C25H26Cl3N3O2. The number of carbonyl (C=O) groups is 2. The van der Waals surface area contributed by atoms with E-state index in [0.29, 0.717) is 32.1 Å². The molecule has 3 amide bonds. The number of carbonyl (C=O) groups excluding carboxylic acids is 2. The van der Waals surface area contributed by atoms with Gasteiger partial charge in [-0.15, -0.1) is 0 Å². The van der Waals surface area contributed by atoms with Gasteiger partial charge in [-0.2, -0.15) is 0 Å². The van der Waals surface area contributed by atoms with Crippen LogP contribution in [0.5, 0.6) is 0 Å². The van der Waals surface area contributed by atoms with Gasteiger partial charge in [-0.05, 0) is 80.1 Å². The van der Waals surface area contributed by atoms with Crippen LogP contribution in [-0.4, -0.2) is 28.9 Å². The Morgan fingerprint density at radius 3 is 2.48 bits per heavy atom. The number of hydrogen-bond acceptors (Lipinski definition) is 3. The third-order valence-electron chi connectivity index (χ3n) is 6.41. The Morgan fingerprint density at radius 2 is 1.82 bits per heavy atom. The maximum Gasteiger partial charge on any atom is 0.329 e. The Balaban J connectivity index is 1.64. The molecule has 1 unspecified atom stereocenters. The number of halogens is 3. The van der Waals surface area contributed by atoms with Crippen molar-refractivity contribution in [3.05, 3.63) is 67.8 Å². The van der Waals surface area contributed by atoms with Gasteiger partial charge in [-0.3, -0.25) is 9.69 Å². The van der Waals surface area contributed by atoms with E-state index in [0.717, 1.165) is 23.6 Å². The zero-order chi connectivity index (χ0) is 24.1. The first-order valence-electron chi connectivity index (χ1n) is 10.9. The molecule has 1 atom stereocenters. The predicted molar refractivity (Wildman–Crippen MR) is 135 cm³/mol. The third-order valence-corrected chi connectivity index (χ3v) is 7.47. The van der Waals surface area contributed by atoms with Crippen LogP contribution >= 0.6 is 34.8 Å². The van der Waals surface area contributed by atoms with Crippen LogP contribution in [0.2, 0.25) is 15.1 Å². The summed E-state index contributed by atoms with van der Waals surface area (Å²) in [7, 11) is 0. The summed E-state index contributed by atoms with van der Waals surface area (Å²) in [6.45, 7) is 9.81. The van der Waals surface area contributed by atoms with Gasteiger partial charge in [0.25, 0.3) is 5.91 Å². The quantitative estimate of drug-likeness (QED) is 0.364. The molecule has 0 saturated carbocycles. The van der Waals surface area contributed by atoms with Crippen molar-refractivity contribution in [2.24, 2.45) is 0 Å². The molecular weight excluding hydrogens is 481 g/mol. The Labute approximate surface area is 209 Å². The van der Waals surface area contributed by atoms with E-state index in [-0.39, 0.29) is 17.8 Å². The number of rotatable bonds is 4. The van der Waals surface area contributed by atoms with E-state index in [1.807, 2.05) is 12.1 Å². The minimum Gasteiger partial charge on any atom is -0.366 e. The summed E-state index contributed by atoms with van der Waals surface area (Å²) in [5, 5.41) is 3.99. The number of urea groups is 1. The largest absolute Gasteiger partial charge is 0.366 e. The lowest BCUT2D eigenvalue weighted by Crippen LogP contribution is -2.48. The number of fused-ring (bicyclic) bond motifs is 1. The van der Waals surface area contributed by atoms with Crippen LogP contribution in [0.25, 0.3) is 6.08 Å². The van der Waals surface area contributed by atoms with Crippen molar-refractivity contribution < 1.29 is 9.59 Å². The minimum absolute atomic E-state index is 0.0327. The maximum atomic E-state index is 13.0. The first-order chi connectivity index (χ1) is 15.5. The molecule has 2 heterocycles. The van der Waals surface area contributed by atoms with Crippen LogP contribution in [0.1, 0.15) is 56.7 Å². The fourth-order valence-electron chi connectivity index (χ4n) is 4.92. The van der Waals surface area contributed by atoms with E-state index in [1.165, 1.54) is 5.56 Å². The molecule has 0 spiro atoms. The summed E-state index contributed by atoms with van der Waals surface area (Å²) in [5.74, 6) is -0.0727. The van der Waals surface area contributed by atoms with E-state index in [2.05, 4.69) is 37.9 Å². The van der Waals surface area contributed by atoms with Crippen molar-refractivity contribution in [2.45, 2.75) is 52.1 Å². The van der Waals surface area contributed by atoms with Gasteiger partial charge in [0.2, 0.25) is 0 Å². The van der Waals surface area contributed by atoms with E-state index in [9.17, 15) is 9.59 Å². The Hall–Kier alpha value is -2.21. The average molecular weight is 507 g/mol. The molecule has 0 radical (unpaired) electrons. The fraction of sp³-hybridized carbons (Fsp3) is 0.360. The summed E-state index contributed by atoms with van der Waals surface area (Å²) in [6.07, 6.45) is 2.67. The highest BCUT2D eigenvalue weighted by Crippen LogP contribution is 2.45. The zero-order valence-corrected chi connectivity index (χ0v) is 21.3. The van der Waals surface area contributed by atoms with E-state index < -0.39 is 11.9 Å². The standard InChI is InChI=1S/C25H26Cl3N3O2/c1-5-31-22-11-19(27)16(9-17(22)14(2)12-25(31,3)4)10-21-23(32)30(24(33)29-21)13-15-6-7-18(26)20(28)8-15/h6-11,14H,5,12-13H2,1-4H3,(H,29,33)/b21-10+. The maximum absolute atomic E-state index is 13.0. The molecule has 2 aliphatic heterocycles. The van der Waals surface area contributed by atoms with Gasteiger partial charge in [0.1, 0.15) is 5.70 Å². The molecule has 1 saturated heterocycles. The molecule has 2 aromatic carbocycles. The number of anilines is 1. The summed E-state index contributed by atoms with van der Waals surface area (Å²) >= 11 is 18.7. The first-order valence-corrected chi connectivity index (χ1v) is 12.0. The van der Waals surface area contributed by atoms with Crippen LogP contribution < -0.4 is 10.2 Å². The third kappa shape index (κ3) is 4.46. The van der Waals surface area contributed by atoms with Gasteiger partial charge < -0.3 is 10.2 Å². The van der Waals surface area contributed by atoms with Crippen molar-refractivity contribution >= 4 is 58.5 Å². The average Bonchev–Trinajstić information content (AvgIpc) is 2.99. The van der Waals surface area contributed by atoms with Crippen LogP contribution in [0, 0.1) is 0 Å². The Bertz CT molecular complexity index is 1180. The summed E-state index contributed by atoms with van der Waals surface area (Å²) < 4.78 is 0. The van der Waals surface area contributed by atoms with Gasteiger partial charge in [-0.25, -0.2) is 4.79 Å². The first kappa shape index (κ1) is 23.9. The fourth-order valence-corrected chi connectivity index (χ4v) is 5.45. The molecule has 4 rings (SSSR count). The molecule has 2 aromatic rings. The second-order valence-corrected chi connectivity index (χ2v) is 10.4. The SMILES string of the molecule is CCN1c2cc(Cl)c(/C=C3/NC(=O)N(Cc4ccc(Cl)c(Cl)c4)C3=O)cc2C(C)CC1(C)C. The van der Waals surface area contributed by atoms with Gasteiger partial charge in [0, 0.05) is 22.8 Å². The molecule has 0 aromatic heterocycles. The van der Waals surface area contributed by atoms with Crippen molar-refractivity contribution in [1.82, 2.24) is 10.2 Å². The number of hydrogen-bond donors (Lipinski definition) is 1. The number of imide groups is 1. The van der Waals surface area contributed by atoms with E-state index >= 15 is 0 Å². The van der Waals surface area contributed by atoms with Crippen molar-refractivity contribution in [1.29, 1.82) is 0 Å². The summed E-state index contributed by atoms with van der Waals surface area (Å²) in [6, 6.07) is 8.55. The highest BCUT2D eigenvalue weighted by molar-refractivity contribution is 6.42. The Kier molecular flexibility index (Phi) is 6.43. The molecule has 1 N–H and O–H groups in total. The van der Waals surface area contributed by atoms with Gasteiger partial charge in [0.15, 0.2) is 0 Å². The molecule has 2 aliphatic rings. The van der Waals surface area contributed by atoms with Gasteiger partial charge >= 0.3 is 6.03 Å². The summed E-state index contributed by atoms with van der Waals surface area (Å²) in [5.41, 5.74) is 3.95. The molecule has 0 bridgehead atoms. The molecule has 0 aliphatic carbocycles. The van der Waals surface area contributed by atoms with Crippen molar-refractivity contribution in [2.75, 3.05) is 11.4 Å². The zero-order valence-electron chi connectivity index (χ0n) is 19.0. The normalized spacial score (nSPS) is 20.9. The van der Waals surface area contributed by atoms with Crippen LogP contribution in [0.4, 0.5) is 10.5 Å². The monoisotopic (exact) mass is 505 g/mol. The second kappa shape index (κ2) is 8.86. The number of benzene rings is 2. The lowest BCUT2D eigenvalue weighted by Gasteiger charge is -2.47. The van der Waals surface area contributed by atoms with Gasteiger partial charge in [0.05, 0.1) is 16.6 Å². The highest BCUT2D eigenvalue weighted by Gasteiger charge is 2.37. The molecule has 8 heteroatoms.